The lowest BCUT2D eigenvalue weighted by atomic mass is 10.2. The van der Waals surface area contributed by atoms with Crippen molar-refractivity contribution in [3.63, 3.8) is 0 Å². The maximum atomic E-state index is 5.59. The summed E-state index contributed by atoms with van der Waals surface area (Å²) in [7, 11) is 0. The Kier molecular flexibility index (Phi) is 2.66. The zero-order valence-corrected chi connectivity index (χ0v) is 6.62. The fourth-order valence-electron chi connectivity index (χ4n) is 0.813. The van der Waals surface area contributed by atoms with E-state index in [9.17, 15) is 0 Å². The van der Waals surface area contributed by atoms with Gasteiger partial charge in [0.1, 0.15) is 0 Å². The number of hydrogen-bond acceptors (Lipinski definition) is 2. The topological polar surface area (TPSA) is 38.4 Å². The molecule has 58 valence electrons. The SMILES string of the molecule is C/C=C(N)\C=C1/CC=CC=N1. The second-order valence-electron chi connectivity index (χ2n) is 2.33. The zero-order chi connectivity index (χ0) is 8.10. The summed E-state index contributed by atoms with van der Waals surface area (Å²) >= 11 is 0. The van der Waals surface area contributed by atoms with Crippen molar-refractivity contribution in [3.8, 4) is 0 Å². The molecule has 2 N–H and O–H groups in total. The van der Waals surface area contributed by atoms with Gasteiger partial charge in [-0.05, 0) is 19.1 Å². The van der Waals surface area contributed by atoms with Crippen LogP contribution in [0.1, 0.15) is 13.3 Å². The molecule has 0 radical (unpaired) electrons. The average Bonchev–Trinajstić information content (AvgIpc) is 2.06. The van der Waals surface area contributed by atoms with Crippen molar-refractivity contribution >= 4 is 6.21 Å². The van der Waals surface area contributed by atoms with E-state index >= 15 is 0 Å². The van der Waals surface area contributed by atoms with E-state index in [1.807, 2.05) is 25.2 Å². The maximum Gasteiger partial charge on any atom is 0.0461 e. The summed E-state index contributed by atoms with van der Waals surface area (Å²) in [4.78, 5) is 4.15. The molecule has 2 nitrogen and oxygen atoms in total. The second-order valence-corrected chi connectivity index (χ2v) is 2.33. The van der Waals surface area contributed by atoms with Crippen LogP contribution in [0.5, 0.6) is 0 Å². The minimum Gasteiger partial charge on any atom is -0.399 e. The van der Waals surface area contributed by atoms with Crippen molar-refractivity contribution in [3.05, 3.63) is 35.7 Å². The average molecular weight is 148 g/mol. The molecule has 0 aromatic rings. The van der Waals surface area contributed by atoms with Gasteiger partial charge in [0.2, 0.25) is 0 Å². The molecule has 0 aromatic carbocycles. The summed E-state index contributed by atoms with van der Waals surface area (Å²) in [5.41, 5.74) is 7.38. The van der Waals surface area contributed by atoms with Crippen LogP contribution in [0.15, 0.2) is 40.7 Å². The van der Waals surface area contributed by atoms with E-state index in [-0.39, 0.29) is 0 Å². The first kappa shape index (κ1) is 7.79. The molecule has 1 rings (SSSR count). The largest absolute Gasteiger partial charge is 0.399 e. The lowest BCUT2D eigenvalue weighted by Gasteiger charge is -2.00. The quantitative estimate of drug-likeness (QED) is 0.604. The van der Waals surface area contributed by atoms with E-state index in [1.54, 1.807) is 6.21 Å². The fraction of sp³-hybridized carbons (Fsp3) is 0.222. The summed E-state index contributed by atoms with van der Waals surface area (Å²) in [5, 5.41) is 0. The third-order valence-electron chi connectivity index (χ3n) is 1.46. The zero-order valence-electron chi connectivity index (χ0n) is 6.62. The highest BCUT2D eigenvalue weighted by Crippen LogP contribution is 2.08. The van der Waals surface area contributed by atoms with E-state index < -0.39 is 0 Å². The molecule has 1 aliphatic rings. The summed E-state index contributed by atoms with van der Waals surface area (Å²) in [6, 6.07) is 0. The Bertz CT molecular complexity index is 244. The van der Waals surface area contributed by atoms with Gasteiger partial charge < -0.3 is 5.73 Å². The van der Waals surface area contributed by atoms with Crippen molar-refractivity contribution < 1.29 is 0 Å². The van der Waals surface area contributed by atoms with Crippen LogP contribution in [0, 0.1) is 0 Å². The van der Waals surface area contributed by atoms with Gasteiger partial charge in [0.15, 0.2) is 0 Å². The van der Waals surface area contributed by atoms with Gasteiger partial charge in [0, 0.05) is 24.0 Å². The molecule has 0 saturated heterocycles. The van der Waals surface area contributed by atoms with Crippen molar-refractivity contribution in [2.75, 3.05) is 0 Å². The van der Waals surface area contributed by atoms with Gasteiger partial charge in [-0.3, -0.25) is 4.99 Å². The van der Waals surface area contributed by atoms with Gasteiger partial charge in [0.05, 0.1) is 0 Å². The monoisotopic (exact) mass is 148 g/mol. The van der Waals surface area contributed by atoms with Gasteiger partial charge >= 0.3 is 0 Å². The highest BCUT2D eigenvalue weighted by molar-refractivity contribution is 5.73. The maximum absolute atomic E-state index is 5.59. The lowest BCUT2D eigenvalue weighted by molar-refractivity contribution is 1.14. The Morgan fingerprint density at radius 3 is 3.09 bits per heavy atom. The highest BCUT2D eigenvalue weighted by atomic mass is 14.7. The van der Waals surface area contributed by atoms with Crippen LogP contribution in [-0.2, 0) is 0 Å². The van der Waals surface area contributed by atoms with Crippen LogP contribution >= 0.6 is 0 Å². The Balaban J connectivity index is 2.68. The van der Waals surface area contributed by atoms with E-state index in [2.05, 4.69) is 11.1 Å². The Morgan fingerprint density at radius 1 is 1.73 bits per heavy atom. The number of aliphatic imine (C=N–C) groups is 1. The fourth-order valence-corrected chi connectivity index (χ4v) is 0.813. The van der Waals surface area contributed by atoms with Crippen LogP contribution in [0.3, 0.4) is 0 Å². The normalized spacial score (nSPS) is 21.2. The van der Waals surface area contributed by atoms with Gasteiger partial charge in [0.25, 0.3) is 0 Å². The van der Waals surface area contributed by atoms with Gasteiger partial charge in [-0.2, -0.15) is 0 Å². The number of nitrogens with zero attached hydrogens (tertiary/aromatic N) is 1. The van der Waals surface area contributed by atoms with Gasteiger partial charge in [-0.1, -0.05) is 12.2 Å². The molecule has 1 heterocycles. The molecule has 0 saturated carbocycles. The predicted octanol–water partition coefficient (Wildman–Crippen LogP) is 1.76. The number of nitrogens with two attached hydrogens (primary N) is 1. The van der Waals surface area contributed by atoms with Crippen LogP contribution in [0.2, 0.25) is 0 Å². The standard InChI is InChI=1S/C9H12N2/c1-2-8(10)7-9-5-3-4-6-11-9/h2-4,6-7H,5,10H2,1H3/b8-2+,9-7+. The van der Waals surface area contributed by atoms with Crippen molar-refractivity contribution in [2.24, 2.45) is 10.7 Å². The predicted molar refractivity (Wildman–Crippen MR) is 48.3 cm³/mol. The number of rotatable bonds is 1. The molecule has 0 unspecified atom stereocenters. The van der Waals surface area contributed by atoms with Crippen LogP contribution in [-0.4, -0.2) is 6.21 Å². The Labute approximate surface area is 66.8 Å². The molecule has 0 spiro atoms. The van der Waals surface area contributed by atoms with E-state index in [1.165, 1.54) is 0 Å². The van der Waals surface area contributed by atoms with E-state index in [0.29, 0.717) is 0 Å². The van der Waals surface area contributed by atoms with Crippen molar-refractivity contribution in [1.82, 2.24) is 0 Å². The molecular formula is C9H12N2. The first-order chi connectivity index (χ1) is 5.33. The Morgan fingerprint density at radius 2 is 2.55 bits per heavy atom. The smallest absolute Gasteiger partial charge is 0.0461 e. The van der Waals surface area contributed by atoms with Crippen molar-refractivity contribution in [1.29, 1.82) is 0 Å². The molecule has 0 atom stereocenters. The van der Waals surface area contributed by atoms with E-state index in [4.69, 9.17) is 5.73 Å². The molecule has 0 amide bonds. The molecule has 2 heteroatoms. The summed E-state index contributed by atoms with van der Waals surface area (Å²) in [6.45, 7) is 1.91. The molecule has 1 aliphatic heterocycles. The number of allylic oxidation sites excluding steroid dienone is 4. The lowest BCUT2D eigenvalue weighted by Crippen LogP contribution is -1.94. The van der Waals surface area contributed by atoms with Crippen LogP contribution in [0.25, 0.3) is 0 Å². The summed E-state index contributed by atoms with van der Waals surface area (Å²) < 4.78 is 0. The highest BCUT2D eigenvalue weighted by Gasteiger charge is 1.93. The first-order valence-corrected chi connectivity index (χ1v) is 3.64. The van der Waals surface area contributed by atoms with E-state index in [0.717, 1.165) is 17.8 Å². The molecular weight excluding hydrogens is 136 g/mol. The van der Waals surface area contributed by atoms with Crippen LogP contribution < -0.4 is 5.73 Å². The third-order valence-corrected chi connectivity index (χ3v) is 1.46. The summed E-state index contributed by atoms with van der Waals surface area (Å²) in [6.07, 6.45) is 10.4. The first-order valence-electron chi connectivity index (χ1n) is 3.64. The summed E-state index contributed by atoms with van der Waals surface area (Å²) in [5.74, 6) is 0. The third kappa shape index (κ3) is 2.42. The van der Waals surface area contributed by atoms with Gasteiger partial charge in [-0.25, -0.2) is 0 Å². The molecule has 0 fully saturated rings. The second kappa shape index (κ2) is 3.76. The number of hydrogen-bond donors (Lipinski definition) is 1. The molecule has 0 aliphatic carbocycles. The van der Waals surface area contributed by atoms with Crippen molar-refractivity contribution in [2.45, 2.75) is 13.3 Å². The van der Waals surface area contributed by atoms with Gasteiger partial charge in [-0.15, -0.1) is 0 Å². The van der Waals surface area contributed by atoms with Crippen LogP contribution in [0.4, 0.5) is 0 Å². The minimum absolute atomic E-state index is 0.771. The molecule has 0 bridgehead atoms. The minimum atomic E-state index is 0.771. The molecule has 11 heavy (non-hydrogen) atoms. The number of dihydropyridines is 1. The molecule has 0 aromatic heterocycles. The Hall–Kier alpha value is -1.31.